The van der Waals surface area contributed by atoms with Crippen LogP contribution in [-0.4, -0.2) is 29.2 Å². The van der Waals surface area contributed by atoms with E-state index in [1.54, 1.807) is 30.3 Å². The van der Waals surface area contributed by atoms with Crippen molar-refractivity contribution < 1.29 is 17.9 Å². The Morgan fingerprint density at radius 2 is 1.73 bits per heavy atom. The molecular weight excluding hydrogens is 384 g/mol. The third-order valence-corrected chi connectivity index (χ3v) is 5.62. The van der Waals surface area contributed by atoms with E-state index >= 15 is 0 Å². The first-order chi connectivity index (χ1) is 12.0. The van der Waals surface area contributed by atoms with Gasteiger partial charge in [0.25, 0.3) is 0 Å². The van der Waals surface area contributed by atoms with Gasteiger partial charge in [-0.05, 0) is 42.3 Å². The molecule has 0 unspecified atom stereocenters. The molecule has 26 heavy (non-hydrogen) atoms. The molecular formula is C17H20ClF2N3O2S. The van der Waals surface area contributed by atoms with Gasteiger partial charge in [-0.1, -0.05) is 24.3 Å². The normalized spacial score (nSPS) is 16.5. The number of rotatable bonds is 5. The molecule has 1 aliphatic heterocycles. The average Bonchev–Trinajstić information content (AvgIpc) is 2.79. The number of para-hydroxylation sites is 2. The second-order valence-corrected chi connectivity index (χ2v) is 7.24. The first-order valence-corrected chi connectivity index (χ1v) is 9.12. The molecule has 2 aromatic carbocycles. The molecule has 0 fully saturated rings. The van der Waals surface area contributed by atoms with Crippen molar-refractivity contribution in [2.24, 2.45) is 0 Å². The summed E-state index contributed by atoms with van der Waals surface area (Å²) in [5.41, 5.74) is 0.936. The lowest BCUT2D eigenvalue weighted by Crippen LogP contribution is -2.31. The summed E-state index contributed by atoms with van der Waals surface area (Å²) in [6.45, 7) is 0.880. The molecule has 5 nitrogen and oxygen atoms in total. The number of likely N-dealkylation sites (N-methyl/N-ethyl adjacent to an activating group) is 1. The Morgan fingerprint density at radius 3 is 2.38 bits per heavy atom. The second kappa shape index (κ2) is 8.24. The SMILES string of the molecule is CNC/C=C/CN1c2ccccc2N(c2ccc(F)cc2F)S1(O)O.Cl. The van der Waals surface area contributed by atoms with E-state index in [4.69, 9.17) is 0 Å². The number of nitrogens with one attached hydrogen (secondary N) is 1. The lowest BCUT2D eigenvalue weighted by molar-refractivity contribution is 0.485. The molecule has 142 valence electrons. The molecule has 1 aliphatic rings. The zero-order chi connectivity index (χ0) is 18.0. The second-order valence-electron chi connectivity index (χ2n) is 5.46. The van der Waals surface area contributed by atoms with Gasteiger partial charge in [-0.25, -0.2) is 17.4 Å². The number of benzene rings is 2. The van der Waals surface area contributed by atoms with Gasteiger partial charge in [0.15, 0.2) is 5.82 Å². The van der Waals surface area contributed by atoms with Gasteiger partial charge in [0.1, 0.15) is 11.5 Å². The van der Waals surface area contributed by atoms with E-state index in [1.165, 1.54) is 10.4 Å². The highest BCUT2D eigenvalue weighted by Crippen LogP contribution is 2.64. The van der Waals surface area contributed by atoms with Crippen LogP contribution in [0.3, 0.4) is 0 Å². The fraction of sp³-hybridized carbons (Fsp3) is 0.176. The van der Waals surface area contributed by atoms with Gasteiger partial charge >= 0.3 is 0 Å². The molecule has 3 rings (SSSR count). The molecule has 0 radical (unpaired) electrons. The molecule has 1 heterocycles. The third-order valence-electron chi connectivity index (χ3n) is 3.80. The third kappa shape index (κ3) is 3.65. The van der Waals surface area contributed by atoms with Crippen molar-refractivity contribution in [3.63, 3.8) is 0 Å². The van der Waals surface area contributed by atoms with E-state index < -0.39 is 22.6 Å². The van der Waals surface area contributed by atoms with Gasteiger partial charge in [-0.2, -0.15) is 0 Å². The molecule has 9 heteroatoms. The molecule has 0 saturated heterocycles. The Labute approximate surface area is 159 Å². The van der Waals surface area contributed by atoms with Gasteiger partial charge in [-0.3, -0.25) is 9.11 Å². The predicted octanol–water partition coefficient (Wildman–Crippen LogP) is 4.70. The van der Waals surface area contributed by atoms with Crippen LogP contribution in [0, 0.1) is 11.6 Å². The maximum absolute atomic E-state index is 14.3. The Bertz CT molecular complexity index is 807. The van der Waals surface area contributed by atoms with Crippen LogP contribution in [0.2, 0.25) is 0 Å². The van der Waals surface area contributed by atoms with Crippen molar-refractivity contribution >= 4 is 40.4 Å². The predicted molar refractivity (Wildman–Crippen MR) is 105 cm³/mol. The molecule has 0 amide bonds. The number of fused-ring (bicyclic) bond motifs is 1. The van der Waals surface area contributed by atoms with Crippen molar-refractivity contribution in [2.45, 2.75) is 0 Å². The Hall–Kier alpha value is -1.84. The number of nitrogens with zero attached hydrogens (tertiary/aromatic N) is 2. The van der Waals surface area contributed by atoms with Crippen LogP contribution in [0.5, 0.6) is 0 Å². The van der Waals surface area contributed by atoms with Crippen molar-refractivity contribution in [2.75, 3.05) is 28.7 Å². The fourth-order valence-corrected chi connectivity index (χ4v) is 4.42. The summed E-state index contributed by atoms with van der Waals surface area (Å²) in [7, 11) is -1.72. The molecule has 3 N–H and O–H groups in total. The van der Waals surface area contributed by atoms with Crippen LogP contribution in [-0.2, 0) is 0 Å². The van der Waals surface area contributed by atoms with Crippen LogP contribution in [0.1, 0.15) is 0 Å². The lowest BCUT2D eigenvalue weighted by atomic mass is 10.2. The summed E-state index contributed by atoms with van der Waals surface area (Å²) in [6.07, 6.45) is 3.66. The highest BCUT2D eigenvalue weighted by Gasteiger charge is 2.42. The summed E-state index contributed by atoms with van der Waals surface area (Å²) in [5, 5.41) is 2.96. The number of halogens is 3. The molecule has 0 aromatic heterocycles. The van der Waals surface area contributed by atoms with Gasteiger partial charge in [-0.15, -0.1) is 12.4 Å². The maximum Gasteiger partial charge on any atom is 0.151 e. The van der Waals surface area contributed by atoms with Gasteiger partial charge in [0, 0.05) is 12.6 Å². The van der Waals surface area contributed by atoms with Gasteiger partial charge in [0.05, 0.1) is 17.9 Å². The Balaban J connectivity index is 0.00000243. The molecule has 0 atom stereocenters. The first kappa shape index (κ1) is 20.5. The number of hydrogen-bond acceptors (Lipinski definition) is 5. The van der Waals surface area contributed by atoms with Crippen molar-refractivity contribution in [1.29, 1.82) is 0 Å². The van der Waals surface area contributed by atoms with Crippen LogP contribution >= 0.6 is 23.4 Å². The fourth-order valence-electron chi connectivity index (χ4n) is 2.69. The van der Waals surface area contributed by atoms with E-state index in [0.717, 1.165) is 16.4 Å². The van der Waals surface area contributed by atoms with E-state index in [0.29, 0.717) is 17.9 Å². The van der Waals surface area contributed by atoms with Crippen LogP contribution in [0.15, 0.2) is 54.6 Å². The highest BCUT2D eigenvalue weighted by molar-refractivity contribution is 8.27. The van der Waals surface area contributed by atoms with Crippen molar-refractivity contribution in [3.8, 4) is 0 Å². The summed E-state index contributed by atoms with van der Waals surface area (Å²) >= 11 is 0. The Morgan fingerprint density at radius 1 is 1.04 bits per heavy atom. The highest BCUT2D eigenvalue weighted by atomic mass is 35.5. The van der Waals surface area contributed by atoms with Crippen molar-refractivity contribution in [3.05, 3.63) is 66.3 Å². The minimum Gasteiger partial charge on any atom is -0.316 e. The molecule has 2 aromatic rings. The molecule has 0 bridgehead atoms. The smallest absolute Gasteiger partial charge is 0.151 e. The largest absolute Gasteiger partial charge is 0.316 e. The van der Waals surface area contributed by atoms with E-state index in [-0.39, 0.29) is 24.6 Å². The average molecular weight is 404 g/mol. The van der Waals surface area contributed by atoms with Crippen LogP contribution < -0.4 is 13.9 Å². The first-order valence-electron chi connectivity index (χ1n) is 7.66. The molecule has 0 spiro atoms. The van der Waals surface area contributed by atoms with Crippen molar-refractivity contribution in [1.82, 2.24) is 5.32 Å². The quantitative estimate of drug-likeness (QED) is 0.632. The summed E-state index contributed by atoms with van der Waals surface area (Å²) in [6, 6.07) is 9.91. The van der Waals surface area contributed by atoms with Gasteiger partial charge < -0.3 is 5.32 Å². The maximum atomic E-state index is 14.3. The summed E-state index contributed by atoms with van der Waals surface area (Å²) < 4.78 is 51.7. The Kier molecular flexibility index (Phi) is 6.48. The molecule has 0 aliphatic carbocycles. The van der Waals surface area contributed by atoms with E-state index in [9.17, 15) is 17.9 Å². The summed E-state index contributed by atoms with van der Waals surface area (Å²) in [5.74, 6) is -1.58. The molecule has 0 saturated carbocycles. The van der Waals surface area contributed by atoms with E-state index in [2.05, 4.69) is 5.32 Å². The standard InChI is InChI=1S/C17H19F2N3O2S.ClH/c1-20-10-4-5-11-21-16-6-2-3-7-17(16)22(25(21,23)24)15-9-8-13(18)12-14(15)19;/h2-9,12,20,23-24H,10-11H2,1H3;1H/b5-4+;. The minimum absolute atomic E-state index is 0. The van der Waals surface area contributed by atoms with Gasteiger partial charge in [0.2, 0.25) is 0 Å². The topological polar surface area (TPSA) is 59.0 Å². The van der Waals surface area contributed by atoms with Crippen LogP contribution in [0.25, 0.3) is 0 Å². The van der Waals surface area contributed by atoms with Crippen LogP contribution in [0.4, 0.5) is 25.8 Å². The lowest BCUT2D eigenvalue weighted by Gasteiger charge is -2.43. The monoisotopic (exact) mass is 403 g/mol. The van der Waals surface area contributed by atoms with E-state index in [1.807, 2.05) is 13.1 Å². The minimum atomic E-state index is -3.53. The number of anilines is 3. The summed E-state index contributed by atoms with van der Waals surface area (Å²) in [4.78, 5) is 0. The zero-order valence-corrected chi connectivity index (χ0v) is 15.6. The zero-order valence-electron chi connectivity index (χ0n) is 14.0. The number of hydrogen-bond donors (Lipinski definition) is 3.